The standard InChI is InChI=1S/C17H29NOSi/c1-12-10-14-11-15(8-9-16(14)13(2)18-12)19-20(6,7)17(3,4)5/h8-9,11-13,18H,10H2,1-7H3. The Morgan fingerprint density at radius 3 is 2.45 bits per heavy atom. The van der Waals surface area contributed by atoms with E-state index in [1.807, 2.05) is 0 Å². The summed E-state index contributed by atoms with van der Waals surface area (Å²) in [5.41, 5.74) is 2.87. The number of fused-ring (bicyclic) bond motifs is 1. The average molecular weight is 292 g/mol. The van der Waals surface area contributed by atoms with Crippen LogP contribution in [0, 0.1) is 0 Å². The van der Waals surface area contributed by atoms with E-state index in [1.54, 1.807) is 0 Å². The summed E-state index contributed by atoms with van der Waals surface area (Å²) < 4.78 is 6.42. The molecule has 2 unspecified atom stereocenters. The molecular weight excluding hydrogens is 262 g/mol. The first-order valence-electron chi connectivity index (χ1n) is 7.68. The second-order valence-electron chi connectivity index (χ2n) is 7.72. The third-order valence-electron chi connectivity index (χ3n) is 4.82. The Hall–Kier alpha value is -0.803. The van der Waals surface area contributed by atoms with Crippen LogP contribution in [0.25, 0.3) is 0 Å². The zero-order chi connectivity index (χ0) is 15.1. The molecule has 0 saturated carbocycles. The fourth-order valence-corrected chi connectivity index (χ4v) is 3.62. The van der Waals surface area contributed by atoms with Crippen molar-refractivity contribution in [1.29, 1.82) is 0 Å². The second-order valence-corrected chi connectivity index (χ2v) is 12.4. The van der Waals surface area contributed by atoms with E-state index in [-0.39, 0.29) is 5.04 Å². The number of nitrogens with one attached hydrogen (secondary N) is 1. The first-order chi connectivity index (χ1) is 9.10. The Kier molecular flexibility index (Phi) is 4.04. The van der Waals surface area contributed by atoms with Crippen LogP contribution < -0.4 is 9.74 Å². The Morgan fingerprint density at radius 2 is 1.85 bits per heavy atom. The highest BCUT2D eigenvalue weighted by Gasteiger charge is 2.39. The maximum atomic E-state index is 6.42. The lowest BCUT2D eigenvalue weighted by molar-refractivity contribution is 0.442. The molecular formula is C17H29NOSi. The minimum atomic E-state index is -1.74. The summed E-state index contributed by atoms with van der Waals surface area (Å²) in [4.78, 5) is 0. The summed E-state index contributed by atoms with van der Waals surface area (Å²) in [6, 6.07) is 7.63. The van der Waals surface area contributed by atoms with E-state index in [9.17, 15) is 0 Å². The van der Waals surface area contributed by atoms with Crippen molar-refractivity contribution < 1.29 is 4.43 Å². The molecule has 1 aromatic carbocycles. The predicted molar refractivity (Wildman–Crippen MR) is 89.0 cm³/mol. The molecule has 1 aliphatic rings. The third-order valence-corrected chi connectivity index (χ3v) is 9.18. The fraction of sp³-hybridized carbons (Fsp3) is 0.647. The molecule has 2 rings (SSSR count). The lowest BCUT2D eigenvalue weighted by atomic mass is 9.91. The van der Waals surface area contributed by atoms with Crippen molar-refractivity contribution in [2.75, 3.05) is 0 Å². The van der Waals surface area contributed by atoms with Crippen molar-refractivity contribution in [2.45, 2.75) is 71.3 Å². The molecule has 0 spiro atoms. The van der Waals surface area contributed by atoms with E-state index in [0.29, 0.717) is 12.1 Å². The topological polar surface area (TPSA) is 21.3 Å². The monoisotopic (exact) mass is 291 g/mol. The van der Waals surface area contributed by atoms with Crippen LogP contribution in [-0.4, -0.2) is 14.4 Å². The zero-order valence-corrected chi connectivity index (χ0v) is 15.0. The van der Waals surface area contributed by atoms with Crippen molar-refractivity contribution in [3.63, 3.8) is 0 Å². The van der Waals surface area contributed by atoms with Crippen LogP contribution in [-0.2, 0) is 6.42 Å². The molecule has 20 heavy (non-hydrogen) atoms. The van der Waals surface area contributed by atoms with Gasteiger partial charge in [-0.3, -0.25) is 0 Å². The summed E-state index contributed by atoms with van der Waals surface area (Å²) >= 11 is 0. The SMILES string of the molecule is CC1Cc2cc(O[Si](C)(C)C(C)(C)C)ccc2C(C)N1. The van der Waals surface area contributed by atoms with Gasteiger partial charge in [-0.2, -0.15) is 0 Å². The van der Waals surface area contributed by atoms with Crippen molar-refractivity contribution in [3.8, 4) is 5.75 Å². The first kappa shape index (κ1) is 15.6. The van der Waals surface area contributed by atoms with Crippen LogP contribution in [0.15, 0.2) is 18.2 Å². The lowest BCUT2D eigenvalue weighted by Gasteiger charge is -2.37. The van der Waals surface area contributed by atoms with E-state index in [2.05, 4.69) is 71.2 Å². The fourth-order valence-electron chi connectivity index (χ4n) is 2.60. The molecule has 0 amide bonds. The molecule has 1 aliphatic heterocycles. The highest BCUT2D eigenvalue weighted by Crippen LogP contribution is 2.38. The van der Waals surface area contributed by atoms with E-state index >= 15 is 0 Å². The Balaban J connectivity index is 2.26. The normalized spacial score (nSPS) is 23.4. The van der Waals surface area contributed by atoms with Crippen LogP contribution in [0.1, 0.15) is 51.8 Å². The Morgan fingerprint density at radius 1 is 1.20 bits per heavy atom. The highest BCUT2D eigenvalue weighted by atomic mass is 28.4. The smallest absolute Gasteiger partial charge is 0.250 e. The molecule has 0 saturated heterocycles. The molecule has 2 atom stereocenters. The van der Waals surface area contributed by atoms with Gasteiger partial charge in [-0.1, -0.05) is 26.8 Å². The van der Waals surface area contributed by atoms with Gasteiger partial charge in [-0.15, -0.1) is 0 Å². The number of rotatable bonds is 2. The van der Waals surface area contributed by atoms with Crippen LogP contribution in [0.4, 0.5) is 0 Å². The van der Waals surface area contributed by atoms with Gasteiger partial charge in [0.1, 0.15) is 5.75 Å². The molecule has 1 heterocycles. The van der Waals surface area contributed by atoms with E-state index in [1.165, 1.54) is 11.1 Å². The third kappa shape index (κ3) is 3.09. The van der Waals surface area contributed by atoms with Crippen molar-refractivity contribution in [3.05, 3.63) is 29.3 Å². The van der Waals surface area contributed by atoms with Gasteiger partial charge in [-0.25, -0.2) is 0 Å². The quantitative estimate of drug-likeness (QED) is 0.800. The van der Waals surface area contributed by atoms with Crippen molar-refractivity contribution >= 4 is 8.32 Å². The lowest BCUT2D eigenvalue weighted by Crippen LogP contribution is -2.44. The number of benzene rings is 1. The van der Waals surface area contributed by atoms with Crippen LogP contribution >= 0.6 is 0 Å². The van der Waals surface area contributed by atoms with Gasteiger partial charge in [0.2, 0.25) is 8.32 Å². The molecule has 1 N–H and O–H groups in total. The largest absolute Gasteiger partial charge is 0.543 e. The average Bonchev–Trinajstić information content (AvgIpc) is 2.25. The molecule has 0 fully saturated rings. The van der Waals surface area contributed by atoms with Gasteiger partial charge >= 0.3 is 0 Å². The summed E-state index contributed by atoms with van der Waals surface area (Å²) in [5.74, 6) is 1.05. The molecule has 2 nitrogen and oxygen atoms in total. The van der Waals surface area contributed by atoms with Gasteiger partial charge in [-0.05, 0) is 61.7 Å². The van der Waals surface area contributed by atoms with E-state index < -0.39 is 8.32 Å². The maximum Gasteiger partial charge on any atom is 0.250 e. The molecule has 0 radical (unpaired) electrons. The second kappa shape index (κ2) is 5.19. The summed E-state index contributed by atoms with van der Waals surface area (Å²) in [6.07, 6.45) is 1.09. The van der Waals surface area contributed by atoms with Crippen LogP contribution in [0.2, 0.25) is 18.1 Å². The maximum absolute atomic E-state index is 6.42. The number of hydrogen-bond acceptors (Lipinski definition) is 2. The van der Waals surface area contributed by atoms with Gasteiger partial charge in [0.05, 0.1) is 0 Å². The van der Waals surface area contributed by atoms with Crippen LogP contribution in [0.3, 0.4) is 0 Å². The minimum absolute atomic E-state index is 0.241. The number of hydrogen-bond donors (Lipinski definition) is 1. The molecule has 3 heteroatoms. The van der Waals surface area contributed by atoms with E-state index in [0.717, 1.165) is 12.2 Å². The van der Waals surface area contributed by atoms with Crippen molar-refractivity contribution in [1.82, 2.24) is 5.32 Å². The molecule has 0 aromatic heterocycles. The van der Waals surface area contributed by atoms with E-state index in [4.69, 9.17) is 4.43 Å². The van der Waals surface area contributed by atoms with Gasteiger partial charge < -0.3 is 9.74 Å². The van der Waals surface area contributed by atoms with Gasteiger partial charge in [0, 0.05) is 12.1 Å². The summed E-state index contributed by atoms with van der Waals surface area (Å²) in [6.45, 7) is 15.9. The molecule has 0 bridgehead atoms. The molecule has 1 aromatic rings. The summed E-state index contributed by atoms with van der Waals surface area (Å²) in [7, 11) is -1.74. The minimum Gasteiger partial charge on any atom is -0.543 e. The van der Waals surface area contributed by atoms with Gasteiger partial charge in [0.15, 0.2) is 0 Å². The predicted octanol–water partition coefficient (Wildman–Crippen LogP) is 4.67. The van der Waals surface area contributed by atoms with Crippen LogP contribution in [0.5, 0.6) is 5.75 Å². The Labute approximate surface area is 125 Å². The Bertz CT molecular complexity index is 490. The zero-order valence-electron chi connectivity index (χ0n) is 14.0. The van der Waals surface area contributed by atoms with Gasteiger partial charge in [0.25, 0.3) is 0 Å². The molecule has 112 valence electrons. The first-order valence-corrected chi connectivity index (χ1v) is 10.6. The summed E-state index contributed by atoms with van der Waals surface area (Å²) in [5, 5.41) is 3.84. The van der Waals surface area contributed by atoms with Crippen molar-refractivity contribution in [2.24, 2.45) is 0 Å². The highest BCUT2D eigenvalue weighted by molar-refractivity contribution is 6.74. The molecule has 0 aliphatic carbocycles.